The summed E-state index contributed by atoms with van der Waals surface area (Å²) >= 11 is 1.17. The van der Waals surface area contributed by atoms with Gasteiger partial charge in [-0.2, -0.15) is 4.72 Å². The molecule has 1 atom stereocenters. The van der Waals surface area contributed by atoms with Gasteiger partial charge in [-0.1, -0.05) is 6.07 Å². The molecule has 0 radical (unpaired) electrons. The van der Waals surface area contributed by atoms with Crippen LogP contribution in [0.5, 0.6) is 11.5 Å². The molecule has 1 aromatic carbocycles. The van der Waals surface area contributed by atoms with Crippen LogP contribution in [0.4, 0.5) is 0 Å². The van der Waals surface area contributed by atoms with Crippen LogP contribution in [-0.2, 0) is 14.8 Å². The number of aliphatic carboxylic acids is 1. The van der Waals surface area contributed by atoms with Gasteiger partial charge < -0.3 is 14.6 Å². The molecule has 3 rings (SSSR count). The fraction of sp³-hybridized carbons (Fsp3) is 0.267. The van der Waals surface area contributed by atoms with Gasteiger partial charge in [-0.15, -0.1) is 11.3 Å². The van der Waals surface area contributed by atoms with Gasteiger partial charge in [0.05, 0.1) is 18.1 Å². The molecule has 2 N–H and O–H groups in total. The number of carboxylic acids is 1. The molecular formula is C15H15NO6S2. The van der Waals surface area contributed by atoms with Crippen molar-refractivity contribution in [2.24, 2.45) is 0 Å². The zero-order chi connectivity index (χ0) is 17.2. The summed E-state index contributed by atoms with van der Waals surface area (Å²) in [6.07, 6.45) is 0.703. The van der Waals surface area contributed by atoms with Crippen molar-refractivity contribution in [1.29, 1.82) is 0 Å². The number of ether oxygens (including phenoxy) is 2. The molecule has 128 valence electrons. The summed E-state index contributed by atoms with van der Waals surface area (Å²) in [7, 11) is -4.04. The average Bonchev–Trinajstić information content (AvgIpc) is 2.96. The zero-order valence-electron chi connectivity index (χ0n) is 12.5. The van der Waals surface area contributed by atoms with Crippen molar-refractivity contribution in [3.05, 3.63) is 40.6 Å². The second-order valence-electron chi connectivity index (χ2n) is 5.07. The SMILES string of the molecule is O=C(O)C(NS(=O)(=O)c1ccc2c(c1)OCCCO2)c1cccs1. The Bertz CT molecular complexity index is 832. The number of benzene rings is 1. The van der Waals surface area contributed by atoms with Gasteiger partial charge in [-0.3, -0.25) is 4.79 Å². The van der Waals surface area contributed by atoms with E-state index in [4.69, 9.17) is 9.47 Å². The van der Waals surface area contributed by atoms with Gasteiger partial charge in [0.15, 0.2) is 17.5 Å². The summed E-state index contributed by atoms with van der Waals surface area (Å²) in [4.78, 5) is 11.7. The number of fused-ring (bicyclic) bond motifs is 1. The number of nitrogens with one attached hydrogen (secondary N) is 1. The minimum atomic E-state index is -4.04. The minimum absolute atomic E-state index is 0.0745. The molecule has 9 heteroatoms. The predicted octanol–water partition coefficient (Wildman–Crippen LogP) is 2.01. The molecule has 1 aliphatic heterocycles. The number of hydrogen-bond donors (Lipinski definition) is 2. The van der Waals surface area contributed by atoms with E-state index in [-0.39, 0.29) is 4.90 Å². The van der Waals surface area contributed by atoms with Crippen molar-refractivity contribution in [2.45, 2.75) is 17.4 Å². The van der Waals surface area contributed by atoms with Crippen molar-refractivity contribution in [2.75, 3.05) is 13.2 Å². The van der Waals surface area contributed by atoms with Crippen LogP contribution in [0, 0.1) is 0 Å². The van der Waals surface area contributed by atoms with Crippen LogP contribution >= 0.6 is 11.3 Å². The maximum Gasteiger partial charge on any atom is 0.327 e. The fourth-order valence-corrected chi connectivity index (χ4v) is 4.25. The van der Waals surface area contributed by atoms with Crippen LogP contribution in [0.3, 0.4) is 0 Å². The van der Waals surface area contributed by atoms with Gasteiger partial charge in [0.2, 0.25) is 10.0 Å². The van der Waals surface area contributed by atoms with E-state index in [0.717, 1.165) is 0 Å². The Hall–Kier alpha value is -2.10. The van der Waals surface area contributed by atoms with E-state index in [1.54, 1.807) is 17.5 Å². The van der Waals surface area contributed by atoms with Crippen molar-refractivity contribution >= 4 is 27.3 Å². The Morgan fingerprint density at radius 2 is 1.96 bits per heavy atom. The third kappa shape index (κ3) is 3.53. The Balaban J connectivity index is 1.90. The van der Waals surface area contributed by atoms with Crippen LogP contribution in [0.25, 0.3) is 0 Å². The lowest BCUT2D eigenvalue weighted by Crippen LogP contribution is -2.33. The number of carbonyl (C=O) groups is 1. The Kier molecular flexibility index (Phi) is 4.74. The highest BCUT2D eigenvalue weighted by Crippen LogP contribution is 2.32. The van der Waals surface area contributed by atoms with E-state index in [9.17, 15) is 18.3 Å². The minimum Gasteiger partial charge on any atom is -0.490 e. The number of hydrogen-bond acceptors (Lipinski definition) is 6. The molecule has 0 amide bonds. The maximum atomic E-state index is 12.5. The first kappa shape index (κ1) is 16.7. The van der Waals surface area contributed by atoms with Crippen LogP contribution in [0.1, 0.15) is 17.3 Å². The largest absolute Gasteiger partial charge is 0.490 e. The molecule has 0 saturated carbocycles. The molecule has 0 spiro atoms. The third-order valence-corrected chi connectivity index (χ3v) is 5.73. The van der Waals surface area contributed by atoms with E-state index in [1.165, 1.54) is 29.5 Å². The Morgan fingerprint density at radius 3 is 2.62 bits per heavy atom. The molecule has 0 saturated heterocycles. The van der Waals surface area contributed by atoms with E-state index in [0.29, 0.717) is 36.0 Å². The molecule has 1 aromatic heterocycles. The molecule has 2 heterocycles. The number of thiophene rings is 1. The monoisotopic (exact) mass is 369 g/mol. The summed E-state index contributed by atoms with van der Waals surface area (Å²) in [6, 6.07) is 6.11. The first-order valence-corrected chi connectivity index (χ1v) is 9.52. The summed E-state index contributed by atoms with van der Waals surface area (Å²) in [5.74, 6) is -0.465. The van der Waals surface area contributed by atoms with Crippen LogP contribution in [-0.4, -0.2) is 32.7 Å². The summed E-state index contributed by atoms with van der Waals surface area (Å²) in [6.45, 7) is 0.924. The molecule has 2 aromatic rings. The molecule has 24 heavy (non-hydrogen) atoms. The summed E-state index contributed by atoms with van der Waals surface area (Å²) < 4.78 is 38.3. The third-order valence-electron chi connectivity index (χ3n) is 3.38. The Labute approximate surface area is 142 Å². The molecule has 1 aliphatic rings. The average molecular weight is 369 g/mol. The van der Waals surface area contributed by atoms with Crippen molar-refractivity contribution < 1.29 is 27.8 Å². The molecule has 0 bridgehead atoms. The lowest BCUT2D eigenvalue weighted by Gasteiger charge is -2.15. The highest BCUT2D eigenvalue weighted by molar-refractivity contribution is 7.89. The normalized spacial score (nSPS) is 15.5. The van der Waals surface area contributed by atoms with E-state index >= 15 is 0 Å². The molecule has 7 nitrogen and oxygen atoms in total. The van der Waals surface area contributed by atoms with Crippen LogP contribution < -0.4 is 14.2 Å². The first-order valence-electron chi connectivity index (χ1n) is 7.15. The van der Waals surface area contributed by atoms with Crippen molar-refractivity contribution in [3.8, 4) is 11.5 Å². The number of rotatable bonds is 5. The standard InChI is InChI=1S/C15H15NO6S2/c17-15(18)14(13-3-1-8-23-13)16-24(19,20)10-4-5-11-12(9-10)22-7-2-6-21-11/h1,3-5,8-9,14,16H,2,6-7H2,(H,17,18). The quantitative estimate of drug-likeness (QED) is 0.836. The van der Waals surface area contributed by atoms with Gasteiger partial charge in [-0.05, 0) is 23.6 Å². The van der Waals surface area contributed by atoms with Crippen LogP contribution in [0.15, 0.2) is 40.6 Å². The Morgan fingerprint density at radius 1 is 1.21 bits per heavy atom. The molecular weight excluding hydrogens is 354 g/mol. The zero-order valence-corrected chi connectivity index (χ0v) is 14.1. The molecule has 0 fully saturated rings. The number of sulfonamides is 1. The summed E-state index contributed by atoms with van der Waals surface area (Å²) in [5.41, 5.74) is 0. The van der Waals surface area contributed by atoms with Gasteiger partial charge >= 0.3 is 5.97 Å². The molecule has 0 aliphatic carbocycles. The van der Waals surface area contributed by atoms with E-state index < -0.39 is 22.0 Å². The molecule has 1 unspecified atom stereocenters. The first-order chi connectivity index (χ1) is 11.5. The fourth-order valence-electron chi connectivity index (χ4n) is 2.22. The van der Waals surface area contributed by atoms with Gasteiger partial charge in [0.1, 0.15) is 0 Å². The highest BCUT2D eigenvalue weighted by atomic mass is 32.2. The lowest BCUT2D eigenvalue weighted by atomic mass is 10.3. The van der Waals surface area contributed by atoms with Gasteiger partial charge in [0.25, 0.3) is 0 Å². The maximum absolute atomic E-state index is 12.5. The van der Waals surface area contributed by atoms with Crippen LogP contribution in [0.2, 0.25) is 0 Å². The van der Waals surface area contributed by atoms with E-state index in [1.807, 2.05) is 0 Å². The predicted molar refractivity (Wildman–Crippen MR) is 87.1 cm³/mol. The van der Waals surface area contributed by atoms with Crippen molar-refractivity contribution in [3.63, 3.8) is 0 Å². The summed E-state index contributed by atoms with van der Waals surface area (Å²) in [5, 5.41) is 11.0. The highest BCUT2D eigenvalue weighted by Gasteiger charge is 2.28. The van der Waals surface area contributed by atoms with Gasteiger partial charge in [0, 0.05) is 17.4 Å². The topological polar surface area (TPSA) is 102 Å². The second kappa shape index (κ2) is 6.80. The van der Waals surface area contributed by atoms with Gasteiger partial charge in [-0.25, -0.2) is 8.42 Å². The van der Waals surface area contributed by atoms with E-state index in [2.05, 4.69) is 4.72 Å². The second-order valence-corrected chi connectivity index (χ2v) is 7.76. The van der Waals surface area contributed by atoms with Crippen molar-refractivity contribution in [1.82, 2.24) is 4.72 Å². The smallest absolute Gasteiger partial charge is 0.327 e. The lowest BCUT2D eigenvalue weighted by molar-refractivity contribution is -0.139. The number of carboxylic acid groups (broad SMARTS) is 1.